The van der Waals surface area contributed by atoms with Gasteiger partial charge in [-0.15, -0.1) is 0 Å². The van der Waals surface area contributed by atoms with Gasteiger partial charge in [-0.1, -0.05) is 0 Å². The van der Waals surface area contributed by atoms with Crippen molar-refractivity contribution in [2.75, 3.05) is 36.2 Å². The van der Waals surface area contributed by atoms with Gasteiger partial charge in [-0.25, -0.2) is 0 Å². The Morgan fingerprint density at radius 2 is 0.950 bits per heavy atom. The zero-order valence-corrected chi connectivity index (χ0v) is 17.9. The SMILES string of the molecule is C[Si](C)(C)OCCSCCCCSCCO[Si](C)(C)C. The molecule has 20 heavy (non-hydrogen) atoms. The van der Waals surface area contributed by atoms with E-state index in [1.54, 1.807) is 0 Å². The smallest absolute Gasteiger partial charge is 0.183 e. The lowest BCUT2D eigenvalue weighted by Crippen LogP contribution is -2.26. The van der Waals surface area contributed by atoms with Gasteiger partial charge in [-0.3, -0.25) is 0 Å². The highest BCUT2D eigenvalue weighted by atomic mass is 32.2. The van der Waals surface area contributed by atoms with Crippen LogP contribution in [-0.2, 0) is 8.85 Å². The number of rotatable bonds is 13. The highest BCUT2D eigenvalue weighted by Gasteiger charge is 2.13. The molecule has 0 aliphatic carbocycles. The fourth-order valence-corrected chi connectivity index (χ4v) is 4.78. The van der Waals surface area contributed by atoms with Crippen LogP contribution in [-0.4, -0.2) is 52.9 Å². The van der Waals surface area contributed by atoms with E-state index in [-0.39, 0.29) is 0 Å². The third-order valence-corrected chi connectivity index (χ3v) is 6.56. The maximum Gasteiger partial charge on any atom is 0.183 e. The van der Waals surface area contributed by atoms with Gasteiger partial charge in [0.2, 0.25) is 0 Å². The molecule has 0 saturated carbocycles. The van der Waals surface area contributed by atoms with Crippen molar-refractivity contribution in [3.05, 3.63) is 0 Å². The summed E-state index contributed by atoms with van der Waals surface area (Å²) in [5.41, 5.74) is 0. The molecule has 0 fully saturated rings. The second-order valence-corrected chi connectivity index (χ2v) is 18.3. The third-order valence-electron chi connectivity index (χ3n) is 2.35. The summed E-state index contributed by atoms with van der Waals surface area (Å²) in [7, 11) is -2.58. The Morgan fingerprint density at radius 3 is 1.25 bits per heavy atom. The average Bonchev–Trinajstić information content (AvgIpc) is 2.27. The number of thioether (sulfide) groups is 2. The molecule has 0 bridgehead atoms. The minimum Gasteiger partial charge on any atom is -0.417 e. The molecule has 0 spiro atoms. The summed E-state index contributed by atoms with van der Waals surface area (Å²) < 4.78 is 11.7. The Balaban J connectivity index is 3.10. The Hall–Kier alpha value is 1.05. The maximum absolute atomic E-state index is 5.83. The minimum atomic E-state index is -1.29. The van der Waals surface area contributed by atoms with Crippen LogP contribution in [0.4, 0.5) is 0 Å². The monoisotopic (exact) mass is 354 g/mol. The fourth-order valence-electron chi connectivity index (χ4n) is 1.43. The minimum absolute atomic E-state index is 0.934. The standard InChI is InChI=1S/C14H34O2S2Si2/c1-19(2,3)15-9-13-17-11-7-8-12-18-14-10-16-20(4,5)6/h7-14H2,1-6H3. The summed E-state index contributed by atoms with van der Waals surface area (Å²) in [5.74, 6) is 4.87. The molecule has 0 heterocycles. The molecule has 0 aliphatic heterocycles. The lowest BCUT2D eigenvalue weighted by Gasteiger charge is -2.16. The van der Waals surface area contributed by atoms with Gasteiger partial charge in [0, 0.05) is 24.7 Å². The van der Waals surface area contributed by atoms with Crippen molar-refractivity contribution in [2.24, 2.45) is 0 Å². The summed E-state index contributed by atoms with van der Waals surface area (Å²) in [5, 5.41) is 0. The zero-order valence-electron chi connectivity index (χ0n) is 14.3. The Morgan fingerprint density at radius 1 is 0.600 bits per heavy atom. The van der Waals surface area contributed by atoms with Gasteiger partial charge in [0.05, 0.1) is 0 Å². The van der Waals surface area contributed by atoms with Crippen LogP contribution in [0.15, 0.2) is 0 Å². The van der Waals surface area contributed by atoms with E-state index in [0.717, 1.165) is 24.7 Å². The van der Waals surface area contributed by atoms with E-state index >= 15 is 0 Å². The normalized spacial score (nSPS) is 12.9. The van der Waals surface area contributed by atoms with Crippen molar-refractivity contribution in [3.8, 4) is 0 Å². The van der Waals surface area contributed by atoms with E-state index in [1.165, 1.54) is 24.3 Å². The summed E-state index contributed by atoms with van der Waals surface area (Å²) >= 11 is 4.07. The average molecular weight is 355 g/mol. The molecule has 122 valence electrons. The van der Waals surface area contributed by atoms with Crippen LogP contribution >= 0.6 is 23.5 Å². The molecule has 0 aromatic carbocycles. The number of hydrogen-bond acceptors (Lipinski definition) is 4. The first-order chi connectivity index (χ1) is 9.21. The van der Waals surface area contributed by atoms with Crippen LogP contribution in [0.5, 0.6) is 0 Å². The molecule has 0 saturated heterocycles. The molecule has 0 rings (SSSR count). The Kier molecular flexibility index (Phi) is 12.2. The molecule has 0 N–H and O–H groups in total. The van der Waals surface area contributed by atoms with Crippen LogP contribution in [0.2, 0.25) is 39.3 Å². The molecule has 0 aliphatic rings. The van der Waals surface area contributed by atoms with Crippen LogP contribution in [0.25, 0.3) is 0 Å². The van der Waals surface area contributed by atoms with Gasteiger partial charge < -0.3 is 8.85 Å². The van der Waals surface area contributed by atoms with Gasteiger partial charge in [-0.05, 0) is 63.6 Å². The van der Waals surface area contributed by atoms with Crippen molar-refractivity contribution in [1.29, 1.82) is 0 Å². The van der Waals surface area contributed by atoms with E-state index in [1.807, 2.05) is 23.5 Å². The fraction of sp³-hybridized carbons (Fsp3) is 1.00. The summed E-state index contributed by atoms with van der Waals surface area (Å²) in [4.78, 5) is 0. The summed E-state index contributed by atoms with van der Waals surface area (Å²) in [6.45, 7) is 15.4. The predicted molar refractivity (Wildman–Crippen MR) is 102 cm³/mol. The quantitative estimate of drug-likeness (QED) is 0.344. The molecule has 0 unspecified atom stereocenters. The van der Waals surface area contributed by atoms with Crippen LogP contribution in [0.1, 0.15) is 12.8 Å². The van der Waals surface area contributed by atoms with Crippen molar-refractivity contribution in [2.45, 2.75) is 52.1 Å². The second kappa shape index (κ2) is 11.6. The first-order valence-electron chi connectivity index (χ1n) is 7.64. The van der Waals surface area contributed by atoms with Gasteiger partial charge in [-0.2, -0.15) is 23.5 Å². The molecule has 6 heteroatoms. The van der Waals surface area contributed by atoms with Crippen molar-refractivity contribution < 1.29 is 8.85 Å². The summed E-state index contributed by atoms with van der Waals surface area (Å²) in [6.07, 6.45) is 2.67. The van der Waals surface area contributed by atoms with Crippen molar-refractivity contribution in [3.63, 3.8) is 0 Å². The molecule has 0 aromatic heterocycles. The number of unbranched alkanes of at least 4 members (excludes halogenated alkanes) is 1. The van der Waals surface area contributed by atoms with Gasteiger partial charge in [0.25, 0.3) is 0 Å². The number of hydrogen-bond donors (Lipinski definition) is 0. The maximum atomic E-state index is 5.83. The van der Waals surface area contributed by atoms with Crippen molar-refractivity contribution in [1.82, 2.24) is 0 Å². The first kappa shape index (κ1) is 21.1. The van der Waals surface area contributed by atoms with E-state index in [4.69, 9.17) is 8.85 Å². The molecule has 0 atom stereocenters. The van der Waals surface area contributed by atoms with Crippen molar-refractivity contribution >= 4 is 40.2 Å². The van der Waals surface area contributed by atoms with E-state index in [2.05, 4.69) is 39.3 Å². The summed E-state index contributed by atoms with van der Waals surface area (Å²) in [6, 6.07) is 0. The highest BCUT2D eigenvalue weighted by Crippen LogP contribution is 2.11. The first-order valence-corrected chi connectivity index (χ1v) is 16.8. The highest BCUT2D eigenvalue weighted by molar-refractivity contribution is 7.99. The third kappa shape index (κ3) is 19.1. The lowest BCUT2D eigenvalue weighted by molar-refractivity contribution is 0.337. The van der Waals surface area contributed by atoms with Gasteiger partial charge in [0.15, 0.2) is 16.6 Å². The topological polar surface area (TPSA) is 18.5 Å². The molecule has 0 radical (unpaired) electrons. The van der Waals surface area contributed by atoms with Crippen LogP contribution in [0, 0.1) is 0 Å². The van der Waals surface area contributed by atoms with E-state index < -0.39 is 16.6 Å². The molecular formula is C14H34O2S2Si2. The lowest BCUT2D eigenvalue weighted by atomic mass is 10.4. The van der Waals surface area contributed by atoms with Crippen LogP contribution < -0.4 is 0 Å². The van der Waals surface area contributed by atoms with Crippen LogP contribution in [0.3, 0.4) is 0 Å². The molecule has 0 amide bonds. The van der Waals surface area contributed by atoms with E-state index in [0.29, 0.717) is 0 Å². The molecule has 0 aromatic rings. The Bertz CT molecular complexity index is 204. The Labute approximate surface area is 137 Å². The predicted octanol–water partition coefficient (Wildman–Crippen LogP) is 4.94. The second-order valence-electron chi connectivity index (χ2n) is 6.85. The van der Waals surface area contributed by atoms with Gasteiger partial charge in [0.1, 0.15) is 0 Å². The largest absolute Gasteiger partial charge is 0.417 e. The molecular weight excluding hydrogens is 320 g/mol. The zero-order chi connectivity index (χ0) is 15.5. The van der Waals surface area contributed by atoms with E-state index in [9.17, 15) is 0 Å². The molecule has 2 nitrogen and oxygen atoms in total. The van der Waals surface area contributed by atoms with Gasteiger partial charge >= 0.3 is 0 Å².